The van der Waals surface area contributed by atoms with Crippen molar-refractivity contribution in [3.8, 4) is 0 Å². The molecule has 0 saturated heterocycles. The Morgan fingerprint density at radius 3 is 2.36 bits per heavy atom. The lowest BCUT2D eigenvalue weighted by molar-refractivity contribution is -0.117. The van der Waals surface area contributed by atoms with Gasteiger partial charge in [0, 0.05) is 17.6 Å². The minimum absolute atomic E-state index is 0. The Morgan fingerprint density at radius 1 is 1.36 bits per heavy atom. The molecule has 1 saturated carbocycles. The number of amides is 1. The molecule has 22 heavy (non-hydrogen) atoms. The number of likely N-dealkylation sites (N-methyl/N-ethyl adjacent to an activating group) is 1. The maximum absolute atomic E-state index is 12.1. The molecule has 1 unspecified atom stereocenters. The van der Waals surface area contributed by atoms with Gasteiger partial charge in [0.2, 0.25) is 5.91 Å². The van der Waals surface area contributed by atoms with Crippen LogP contribution in [-0.2, 0) is 4.79 Å². The van der Waals surface area contributed by atoms with Crippen LogP contribution in [0.4, 0.5) is 5.69 Å². The molecule has 1 atom stereocenters. The van der Waals surface area contributed by atoms with Gasteiger partial charge >= 0.3 is 0 Å². The molecule has 1 aliphatic rings. The van der Waals surface area contributed by atoms with E-state index in [0.29, 0.717) is 33.2 Å². The number of rotatable bonds is 6. The van der Waals surface area contributed by atoms with E-state index in [2.05, 4.69) is 5.32 Å². The highest BCUT2D eigenvalue weighted by atomic mass is 35.5. The first kappa shape index (κ1) is 19.8. The number of nitrogens with zero attached hydrogens (tertiary/aromatic N) is 1. The van der Waals surface area contributed by atoms with E-state index in [1.54, 1.807) is 12.1 Å². The summed E-state index contributed by atoms with van der Waals surface area (Å²) < 4.78 is 0. The predicted molar refractivity (Wildman–Crippen MR) is 95.5 cm³/mol. The molecular formula is C14H19Cl4N3O. The number of hydrogen-bond acceptors (Lipinski definition) is 3. The van der Waals surface area contributed by atoms with Crippen LogP contribution in [0.25, 0.3) is 0 Å². The van der Waals surface area contributed by atoms with Crippen LogP contribution in [0.1, 0.15) is 12.8 Å². The summed E-state index contributed by atoms with van der Waals surface area (Å²) in [5.74, 6) is 0.429. The van der Waals surface area contributed by atoms with Crippen LogP contribution < -0.4 is 11.1 Å². The Labute approximate surface area is 151 Å². The van der Waals surface area contributed by atoms with E-state index in [0.717, 1.165) is 0 Å². The molecule has 0 bridgehead atoms. The molecule has 0 aromatic heterocycles. The SMILES string of the molecule is CN(CC(=O)Nc1c(Cl)cc(Cl)cc1Cl)C(CN)C1CC1.Cl. The third kappa shape index (κ3) is 5.15. The minimum Gasteiger partial charge on any atom is -0.329 e. The topological polar surface area (TPSA) is 58.4 Å². The van der Waals surface area contributed by atoms with Crippen LogP contribution in [0, 0.1) is 5.92 Å². The number of carbonyl (C=O) groups is 1. The van der Waals surface area contributed by atoms with Crippen LogP contribution in [0.5, 0.6) is 0 Å². The molecule has 0 aliphatic heterocycles. The zero-order chi connectivity index (χ0) is 15.6. The van der Waals surface area contributed by atoms with Crippen molar-refractivity contribution in [2.75, 3.05) is 25.5 Å². The monoisotopic (exact) mass is 385 g/mol. The lowest BCUT2D eigenvalue weighted by Crippen LogP contribution is -2.43. The van der Waals surface area contributed by atoms with Gasteiger partial charge in [0.15, 0.2) is 0 Å². The molecule has 1 aliphatic carbocycles. The average Bonchev–Trinajstić information content (AvgIpc) is 3.19. The number of halogens is 4. The second-order valence-electron chi connectivity index (χ2n) is 5.35. The Balaban J connectivity index is 0.00000242. The maximum Gasteiger partial charge on any atom is 0.238 e. The molecule has 0 spiro atoms. The first-order valence-corrected chi connectivity index (χ1v) is 7.90. The number of anilines is 1. The summed E-state index contributed by atoms with van der Waals surface area (Å²) in [5, 5.41) is 3.80. The van der Waals surface area contributed by atoms with E-state index in [4.69, 9.17) is 40.5 Å². The minimum atomic E-state index is -0.178. The molecular weight excluding hydrogens is 368 g/mol. The van der Waals surface area contributed by atoms with Crippen LogP contribution in [0.15, 0.2) is 12.1 Å². The number of carbonyl (C=O) groups excluding carboxylic acids is 1. The zero-order valence-corrected chi connectivity index (χ0v) is 15.2. The van der Waals surface area contributed by atoms with E-state index in [1.165, 1.54) is 12.8 Å². The van der Waals surface area contributed by atoms with Gasteiger partial charge in [-0.15, -0.1) is 12.4 Å². The first-order valence-electron chi connectivity index (χ1n) is 6.77. The molecule has 8 heteroatoms. The fourth-order valence-electron chi connectivity index (χ4n) is 2.40. The molecule has 1 aromatic rings. The van der Waals surface area contributed by atoms with Crippen molar-refractivity contribution in [3.05, 3.63) is 27.2 Å². The van der Waals surface area contributed by atoms with Crippen molar-refractivity contribution in [2.45, 2.75) is 18.9 Å². The highest BCUT2D eigenvalue weighted by Crippen LogP contribution is 2.35. The highest BCUT2D eigenvalue weighted by Gasteiger charge is 2.33. The number of nitrogens with one attached hydrogen (secondary N) is 1. The van der Waals surface area contributed by atoms with Gasteiger partial charge in [-0.1, -0.05) is 34.8 Å². The zero-order valence-electron chi connectivity index (χ0n) is 12.1. The lowest BCUT2D eigenvalue weighted by atomic mass is 10.1. The van der Waals surface area contributed by atoms with Gasteiger partial charge in [0.1, 0.15) is 0 Å². The van der Waals surface area contributed by atoms with Crippen molar-refractivity contribution in [1.29, 1.82) is 0 Å². The third-order valence-electron chi connectivity index (χ3n) is 3.64. The molecule has 1 fully saturated rings. The normalized spacial score (nSPS) is 15.4. The molecule has 124 valence electrons. The first-order chi connectivity index (χ1) is 9.92. The molecule has 4 nitrogen and oxygen atoms in total. The molecule has 1 aromatic carbocycles. The Bertz CT molecular complexity index is 514. The predicted octanol–water partition coefficient (Wildman–Crippen LogP) is 3.68. The van der Waals surface area contributed by atoms with Gasteiger partial charge in [0.05, 0.1) is 22.3 Å². The second kappa shape index (κ2) is 8.57. The van der Waals surface area contributed by atoms with E-state index < -0.39 is 0 Å². The quantitative estimate of drug-likeness (QED) is 0.783. The van der Waals surface area contributed by atoms with E-state index >= 15 is 0 Å². The summed E-state index contributed by atoms with van der Waals surface area (Å²) in [6.07, 6.45) is 2.37. The summed E-state index contributed by atoms with van der Waals surface area (Å²) in [5.41, 5.74) is 6.16. The summed E-state index contributed by atoms with van der Waals surface area (Å²) in [7, 11) is 1.90. The van der Waals surface area contributed by atoms with Crippen LogP contribution in [-0.4, -0.2) is 37.0 Å². The standard InChI is InChI=1S/C14H18Cl3N3O.ClH/c1-20(12(6-18)8-2-3-8)7-13(21)19-14-10(16)4-9(15)5-11(14)17;/h4-5,8,12H,2-3,6-7,18H2,1H3,(H,19,21);1H. The average molecular weight is 387 g/mol. The molecule has 2 rings (SSSR count). The number of hydrogen-bond donors (Lipinski definition) is 2. The lowest BCUT2D eigenvalue weighted by Gasteiger charge is -2.26. The van der Waals surface area contributed by atoms with Crippen molar-refractivity contribution in [3.63, 3.8) is 0 Å². The Morgan fingerprint density at radius 2 is 1.91 bits per heavy atom. The van der Waals surface area contributed by atoms with Gasteiger partial charge in [0.25, 0.3) is 0 Å². The van der Waals surface area contributed by atoms with E-state index in [1.807, 2.05) is 11.9 Å². The summed E-state index contributed by atoms with van der Waals surface area (Å²) in [6.45, 7) is 0.796. The summed E-state index contributed by atoms with van der Waals surface area (Å²) >= 11 is 17.9. The largest absolute Gasteiger partial charge is 0.329 e. The second-order valence-corrected chi connectivity index (χ2v) is 6.60. The Kier molecular flexibility index (Phi) is 7.72. The van der Waals surface area contributed by atoms with Crippen molar-refractivity contribution >= 4 is 58.8 Å². The van der Waals surface area contributed by atoms with Gasteiger partial charge in [-0.3, -0.25) is 9.69 Å². The number of nitrogens with two attached hydrogens (primary N) is 1. The summed E-state index contributed by atoms with van der Waals surface area (Å²) in [6, 6.07) is 3.33. The van der Waals surface area contributed by atoms with Crippen LogP contribution in [0.2, 0.25) is 15.1 Å². The highest BCUT2D eigenvalue weighted by molar-refractivity contribution is 6.42. The van der Waals surface area contributed by atoms with Gasteiger partial charge in [-0.05, 0) is 37.9 Å². The van der Waals surface area contributed by atoms with Crippen molar-refractivity contribution in [1.82, 2.24) is 4.90 Å². The third-order valence-corrected chi connectivity index (χ3v) is 4.45. The number of benzene rings is 1. The van der Waals surface area contributed by atoms with E-state index in [9.17, 15) is 4.79 Å². The fourth-order valence-corrected chi connectivity index (χ4v) is 3.31. The molecule has 0 heterocycles. The van der Waals surface area contributed by atoms with Crippen molar-refractivity contribution < 1.29 is 4.79 Å². The molecule has 1 amide bonds. The van der Waals surface area contributed by atoms with Crippen LogP contribution in [0.3, 0.4) is 0 Å². The summed E-state index contributed by atoms with van der Waals surface area (Å²) in [4.78, 5) is 14.1. The van der Waals surface area contributed by atoms with Gasteiger partial charge < -0.3 is 11.1 Å². The van der Waals surface area contributed by atoms with Crippen LogP contribution >= 0.6 is 47.2 Å². The fraction of sp³-hybridized carbons (Fsp3) is 0.500. The molecule has 0 radical (unpaired) electrons. The van der Waals surface area contributed by atoms with Gasteiger partial charge in [-0.2, -0.15) is 0 Å². The van der Waals surface area contributed by atoms with Gasteiger partial charge in [-0.25, -0.2) is 0 Å². The van der Waals surface area contributed by atoms with Crippen molar-refractivity contribution in [2.24, 2.45) is 11.7 Å². The Hall–Kier alpha value is -0.230. The van der Waals surface area contributed by atoms with E-state index in [-0.39, 0.29) is 30.9 Å². The molecule has 3 N–H and O–H groups in total. The smallest absolute Gasteiger partial charge is 0.238 e. The maximum atomic E-state index is 12.1.